The van der Waals surface area contributed by atoms with E-state index in [0.717, 1.165) is 92.4 Å². The zero-order chi connectivity index (χ0) is 34.2. The predicted molar refractivity (Wildman–Crippen MR) is 215 cm³/mol. The monoisotopic (exact) mass is 685 g/mol. The van der Waals surface area contributed by atoms with Gasteiger partial charge in [0.15, 0.2) is 0 Å². The van der Waals surface area contributed by atoms with Crippen LogP contribution in [0.4, 0.5) is 17.3 Å². The SMILES string of the molecule is c1ccc(-c2ccc(N(c3ccccc3)c3nc(-c4cccc5oc6ccc7oc8ccccc8c7c6c45)c4sc5ccccc5c4n3)cc2)cc1. The molecule has 4 heterocycles. The van der Waals surface area contributed by atoms with Crippen molar-refractivity contribution in [2.75, 3.05) is 4.90 Å². The lowest BCUT2D eigenvalue weighted by molar-refractivity contribution is 0.663. The highest BCUT2D eigenvalue weighted by Gasteiger charge is 2.25. The van der Waals surface area contributed by atoms with E-state index in [4.69, 9.17) is 18.8 Å². The minimum Gasteiger partial charge on any atom is -0.456 e. The Morgan fingerprint density at radius 1 is 0.442 bits per heavy atom. The van der Waals surface area contributed by atoms with Crippen LogP contribution < -0.4 is 4.90 Å². The first-order valence-electron chi connectivity index (χ1n) is 17.2. The maximum atomic E-state index is 6.58. The maximum absolute atomic E-state index is 6.58. The molecule has 0 aliphatic heterocycles. The molecule has 6 heteroatoms. The van der Waals surface area contributed by atoms with Crippen molar-refractivity contribution in [3.05, 3.63) is 164 Å². The van der Waals surface area contributed by atoms with Crippen molar-refractivity contribution in [3.8, 4) is 22.4 Å². The minimum atomic E-state index is 0.591. The maximum Gasteiger partial charge on any atom is 0.235 e. The molecule has 0 fully saturated rings. The summed E-state index contributed by atoms with van der Waals surface area (Å²) >= 11 is 1.73. The van der Waals surface area contributed by atoms with E-state index in [-0.39, 0.29) is 0 Å². The molecule has 0 bridgehead atoms. The van der Waals surface area contributed by atoms with Crippen molar-refractivity contribution < 1.29 is 8.83 Å². The van der Waals surface area contributed by atoms with E-state index in [0.29, 0.717) is 5.95 Å². The first-order valence-corrected chi connectivity index (χ1v) is 18.1. The van der Waals surface area contributed by atoms with Crippen molar-refractivity contribution in [1.29, 1.82) is 0 Å². The van der Waals surface area contributed by atoms with Crippen LogP contribution in [0.2, 0.25) is 0 Å². The summed E-state index contributed by atoms with van der Waals surface area (Å²) < 4.78 is 15.1. The highest BCUT2D eigenvalue weighted by Crippen LogP contribution is 2.47. The van der Waals surface area contributed by atoms with Crippen LogP contribution in [0.1, 0.15) is 0 Å². The number of thiophene rings is 1. The molecule has 0 atom stereocenters. The number of hydrogen-bond acceptors (Lipinski definition) is 6. The zero-order valence-corrected chi connectivity index (χ0v) is 28.5. The van der Waals surface area contributed by atoms with Crippen molar-refractivity contribution in [3.63, 3.8) is 0 Å². The first kappa shape index (κ1) is 29.0. The molecule has 0 saturated carbocycles. The molecular weight excluding hydrogens is 659 g/mol. The quantitative estimate of drug-likeness (QED) is 0.180. The Hall–Kier alpha value is -6.76. The largest absolute Gasteiger partial charge is 0.456 e. The third-order valence-electron chi connectivity index (χ3n) is 9.91. The molecule has 0 aliphatic rings. The van der Waals surface area contributed by atoms with E-state index < -0.39 is 0 Å². The van der Waals surface area contributed by atoms with Gasteiger partial charge in [0.25, 0.3) is 0 Å². The van der Waals surface area contributed by atoms with Crippen molar-refractivity contribution >= 4 is 92.8 Å². The summed E-state index contributed by atoms with van der Waals surface area (Å²) in [6.07, 6.45) is 0. The van der Waals surface area contributed by atoms with Gasteiger partial charge in [0.05, 0.1) is 15.9 Å². The molecule has 0 unspecified atom stereocenters. The second-order valence-electron chi connectivity index (χ2n) is 12.9. The summed E-state index contributed by atoms with van der Waals surface area (Å²) in [7, 11) is 0. The summed E-state index contributed by atoms with van der Waals surface area (Å²) in [6.45, 7) is 0. The van der Waals surface area contributed by atoms with Crippen LogP contribution in [0, 0.1) is 0 Å². The van der Waals surface area contributed by atoms with E-state index in [1.54, 1.807) is 11.3 Å². The third-order valence-corrected chi connectivity index (χ3v) is 11.1. The second-order valence-corrected chi connectivity index (χ2v) is 14.0. The van der Waals surface area contributed by atoms with Crippen LogP contribution in [0.15, 0.2) is 173 Å². The van der Waals surface area contributed by atoms with Crippen molar-refractivity contribution in [1.82, 2.24) is 9.97 Å². The Balaban J connectivity index is 1.22. The summed E-state index contributed by atoms with van der Waals surface area (Å²) in [5.41, 5.74) is 10.3. The first-order chi connectivity index (χ1) is 25.8. The van der Waals surface area contributed by atoms with Gasteiger partial charge >= 0.3 is 0 Å². The van der Waals surface area contributed by atoms with E-state index in [1.165, 1.54) is 5.56 Å². The average Bonchev–Trinajstić information content (AvgIpc) is 3.90. The van der Waals surface area contributed by atoms with Gasteiger partial charge in [-0.05, 0) is 65.7 Å². The Kier molecular flexibility index (Phi) is 6.35. The Bertz CT molecular complexity index is 3130. The van der Waals surface area contributed by atoms with Crippen molar-refractivity contribution in [2.24, 2.45) is 0 Å². The van der Waals surface area contributed by atoms with E-state index in [2.05, 4.69) is 126 Å². The second kappa shape index (κ2) is 11.4. The minimum absolute atomic E-state index is 0.591. The highest BCUT2D eigenvalue weighted by molar-refractivity contribution is 7.26. The fourth-order valence-corrected chi connectivity index (χ4v) is 8.72. The fourth-order valence-electron chi connectivity index (χ4n) is 7.57. The molecule has 0 amide bonds. The standard InChI is InChI=1S/C46H27N3O2S/c1-3-12-28(13-4-1)29-22-24-31(25-23-29)49(30-14-5-2-6-15-30)46-47-43-33-17-8-10-21-39(33)52-45(43)44(48-46)34-18-11-20-36-41(34)42-38(51-36)27-26-37-40(42)32-16-7-9-19-35(32)50-37/h1-27H. The zero-order valence-electron chi connectivity index (χ0n) is 27.7. The van der Waals surface area contributed by atoms with E-state index in [9.17, 15) is 0 Å². The number of para-hydroxylation sites is 2. The molecule has 11 rings (SSSR count). The lowest BCUT2D eigenvalue weighted by Gasteiger charge is -2.24. The van der Waals surface area contributed by atoms with E-state index in [1.807, 2.05) is 42.5 Å². The van der Waals surface area contributed by atoms with Crippen LogP contribution in [0.3, 0.4) is 0 Å². The number of anilines is 3. The van der Waals surface area contributed by atoms with Gasteiger partial charge < -0.3 is 8.83 Å². The van der Waals surface area contributed by atoms with E-state index >= 15 is 0 Å². The molecule has 0 saturated heterocycles. The summed E-state index contributed by atoms with van der Waals surface area (Å²) in [5, 5.41) is 5.25. The molecule has 0 aliphatic carbocycles. The molecule has 11 aromatic rings. The molecule has 0 radical (unpaired) electrons. The normalized spacial score (nSPS) is 11.8. The number of furan rings is 2. The topological polar surface area (TPSA) is 55.3 Å². The molecule has 0 spiro atoms. The molecule has 5 nitrogen and oxygen atoms in total. The van der Waals surface area contributed by atoms with Gasteiger partial charge in [-0.3, -0.25) is 4.90 Å². The van der Waals surface area contributed by atoms with Crippen LogP contribution in [-0.2, 0) is 0 Å². The van der Waals surface area contributed by atoms with Crippen molar-refractivity contribution in [2.45, 2.75) is 0 Å². The smallest absolute Gasteiger partial charge is 0.235 e. The Morgan fingerprint density at radius 2 is 1.06 bits per heavy atom. The summed E-state index contributed by atoms with van der Waals surface area (Å²) in [6, 6.07) is 56.4. The number of rotatable bonds is 5. The number of aromatic nitrogens is 2. The number of nitrogens with zero attached hydrogens (tertiary/aromatic N) is 3. The number of hydrogen-bond donors (Lipinski definition) is 0. The molecule has 7 aromatic carbocycles. The molecule has 52 heavy (non-hydrogen) atoms. The lowest BCUT2D eigenvalue weighted by Crippen LogP contribution is -2.13. The van der Waals surface area contributed by atoms with Gasteiger partial charge in [-0.2, -0.15) is 0 Å². The molecule has 244 valence electrons. The third kappa shape index (κ3) is 4.41. The molecular formula is C46H27N3O2S. The van der Waals surface area contributed by atoms with Gasteiger partial charge in [0, 0.05) is 48.6 Å². The van der Waals surface area contributed by atoms with Crippen LogP contribution in [0.25, 0.3) is 86.6 Å². The summed E-state index contributed by atoms with van der Waals surface area (Å²) in [5.74, 6) is 0.591. The Morgan fingerprint density at radius 3 is 1.88 bits per heavy atom. The molecule has 4 aromatic heterocycles. The lowest BCUT2D eigenvalue weighted by atomic mass is 9.99. The number of fused-ring (bicyclic) bond motifs is 10. The predicted octanol–water partition coefficient (Wildman–Crippen LogP) is 13.4. The Labute approximate surface area is 301 Å². The average molecular weight is 686 g/mol. The van der Waals surface area contributed by atoms with Crippen LogP contribution in [0.5, 0.6) is 0 Å². The van der Waals surface area contributed by atoms with Gasteiger partial charge in [0.1, 0.15) is 22.3 Å². The van der Waals surface area contributed by atoms with Crippen LogP contribution >= 0.6 is 11.3 Å². The van der Waals surface area contributed by atoms with Gasteiger partial charge in [-0.25, -0.2) is 9.97 Å². The van der Waals surface area contributed by atoms with Gasteiger partial charge in [0.2, 0.25) is 5.95 Å². The fraction of sp³-hybridized carbons (Fsp3) is 0. The van der Waals surface area contributed by atoms with Gasteiger partial charge in [-0.1, -0.05) is 109 Å². The summed E-state index contributed by atoms with van der Waals surface area (Å²) in [4.78, 5) is 13.1. The van der Waals surface area contributed by atoms with Gasteiger partial charge in [-0.15, -0.1) is 11.3 Å². The molecule has 0 N–H and O–H groups in total. The highest BCUT2D eigenvalue weighted by atomic mass is 32.1. The van der Waals surface area contributed by atoms with Crippen LogP contribution in [-0.4, -0.2) is 9.97 Å². The number of benzene rings is 7.